The summed E-state index contributed by atoms with van der Waals surface area (Å²) in [7, 11) is 0. The number of fused-ring (bicyclic) bond motifs is 2. The van der Waals surface area contributed by atoms with Crippen LogP contribution in [0.15, 0.2) is 54.6 Å². The minimum atomic E-state index is -0.518. The summed E-state index contributed by atoms with van der Waals surface area (Å²) in [5.74, 6) is -0.755. The highest BCUT2D eigenvalue weighted by molar-refractivity contribution is 6.34. The molecule has 0 atom stereocenters. The van der Waals surface area contributed by atoms with Crippen LogP contribution in [0.3, 0.4) is 0 Å². The monoisotopic (exact) mass is 319 g/mol. The van der Waals surface area contributed by atoms with E-state index in [1.165, 1.54) is 12.1 Å². The van der Waals surface area contributed by atoms with Crippen LogP contribution in [0.1, 0.15) is 20.7 Å². The van der Waals surface area contributed by atoms with E-state index >= 15 is 0 Å². The summed E-state index contributed by atoms with van der Waals surface area (Å²) < 4.78 is 0. The number of hydrogen-bond donors (Lipinski definition) is 0. The second kappa shape index (κ2) is 4.95. The third-order valence-corrected chi connectivity index (χ3v) is 3.89. The van der Waals surface area contributed by atoms with Crippen molar-refractivity contribution in [1.29, 1.82) is 0 Å². The predicted octanol–water partition coefficient (Wildman–Crippen LogP) is 2.94. The molecule has 7 nitrogen and oxygen atoms in total. The molecule has 0 aliphatic carbocycles. The van der Waals surface area contributed by atoms with E-state index in [0.717, 1.165) is 4.90 Å². The molecule has 7 heteroatoms. The highest BCUT2D eigenvalue weighted by Gasteiger charge is 2.37. The maximum atomic E-state index is 12.5. The largest absolute Gasteiger partial charge is 0.271 e. The first kappa shape index (κ1) is 14.0. The van der Waals surface area contributed by atoms with Crippen LogP contribution in [0.4, 0.5) is 11.5 Å². The molecule has 0 saturated carbocycles. The van der Waals surface area contributed by atoms with Crippen LogP contribution in [-0.4, -0.2) is 21.7 Å². The molecule has 0 spiro atoms. The molecule has 1 aromatic heterocycles. The maximum Gasteiger partial charge on any atom is 0.271 e. The molecular weight excluding hydrogens is 310 g/mol. The van der Waals surface area contributed by atoms with Gasteiger partial charge in [0.1, 0.15) is 5.82 Å². The van der Waals surface area contributed by atoms with E-state index in [1.807, 2.05) is 0 Å². The van der Waals surface area contributed by atoms with Gasteiger partial charge in [-0.05, 0) is 30.3 Å². The number of nitro groups is 1. The molecule has 2 heterocycles. The molecule has 2 amide bonds. The number of aromatic nitrogens is 1. The predicted molar refractivity (Wildman–Crippen MR) is 86.0 cm³/mol. The van der Waals surface area contributed by atoms with Crippen LogP contribution in [0, 0.1) is 10.1 Å². The molecule has 0 radical (unpaired) electrons. The normalized spacial score (nSPS) is 13.4. The molecule has 116 valence electrons. The first-order valence-electron chi connectivity index (χ1n) is 7.09. The fraction of sp³-hybridized carbons (Fsp3) is 0. The smallest absolute Gasteiger partial charge is 0.268 e. The SMILES string of the molecule is O=C1c2ccccc2C(=O)N1c1ccc2ccc([N+](=O)[O-])cc2n1. The zero-order valence-electron chi connectivity index (χ0n) is 12.2. The van der Waals surface area contributed by atoms with Crippen molar-refractivity contribution in [3.63, 3.8) is 0 Å². The van der Waals surface area contributed by atoms with Gasteiger partial charge >= 0.3 is 0 Å². The fourth-order valence-corrected chi connectivity index (χ4v) is 2.73. The molecule has 0 saturated heterocycles. The number of amides is 2. The zero-order chi connectivity index (χ0) is 16.8. The minimum absolute atomic E-state index is 0.102. The van der Waals surface area contributed by atoms with E-state index in [0.29, 0.717) is 22.0 Å². The highest BCUT2D eigenvalue weighted by Crippen LogP contribution is 2.29. The lowest BCUT2D eigenvalue weighted by molar-refractivity contribution is -0.384. The Bertz CT molecular complexity index is 1010. The number of nitrogens with zero attached hydrogens (tertiary/aromatic N) is 3. The van der Waals surface area contributed by atoms with E-state index in [4.69, 9.17) is 0 Å². The summed E-state index contributed by atoms with van der Waals surface area (Å²) >= 11 is 0. The number of hydrogen-bond acceptors (Lipinski definition) is 5. The number of non-ortho nitro benzene ring substituents is 1. The lowest BCUT2D eigenvalue weighted by atomic mass is 10.1. The number of pyridine rings is 1. The average Bonchev–Trinajstić information content (AvgIpc) is 2.85. The van der Waals surface area contributed by atoms with Gasteiger partial charge in [0, 0.05) is 17.5 Å². The number of nitro benzene ring substituents is 1. The Hall–Kier alpha value is -3.61. The van der Waals surface area contributed by atoms with Crippen LogP contribution in [-0.2, 0) is 0 Å². The zero-order valence-corrected chi connectivity index (χ0v) is 12.2. The third kappa shape index (κ3) is 1.95. The molecule has 4 rings (SSSR count). The molecule has 0 bridgehead atoms. The average molecular weight is 319 g/mol. The number of imide groups is 1. The maximum absolute atomic E-state index is 12.5. The van der Waals surface area contributed by atoms with Gasteiger partial charge < -0.3 is 0 Å². The van der Waals surface area contributed by atoms with E-state index < -0.39 is 16.7 Å². The van der Waals surface area contributed by atoms with E-state index in [-0.39, 0.29) is 11.5 Å². The Morgan fingerprint density at radius 1 is 0.917 bits per heavy atom. The molecule has 1 aliphatic heterocycles. The molecule has 1 aliphatic rings. The number of carbonyl (C=O) groups is 2. The molecule has 0 fully saturated rings. The number of rotatable bonds is 2. The molecule has 2 aromatic carbocycles. The number of anilines is 1. The molecule has 3 aromatic rings. The van der Waals surface area contributed by atoms with Gasteiger partial charge in [-0.25, -0.2) is 9.88 Å². The summed E-state index contributed by atoms with van der Waals surface area (Å²) in [6.45, 7) is 0. The van der Waals surface area contributed by atoms with Gasteiger partial charge in [-0.15, -0.1) is 0 Å². The van der Waals surface area contributed by atoms with Crippen molar-refractivity contribution in [3.8, 4) is 0 Å². The van der Waals surface area contributed by atoms with E-state index in [9.17, 15) is 19.7 Å². The van der Waals surface area contributed by atoms with Gasteiger partial charge in [-0.3, -0.25) is 19.7 Å². The van der Waals surface area contributed by atoms with Gasteiger partial charge in [-0.1, -0.05) is 12.1 Å². The lowest BCUT2D eigenvalue weighted by Gasteiger charge is -2.13. The molecular formula is C17H9N3O4. The van der Waals surface area contributed by atoms with E-state index in [1.54, 1.807) is 42.5 Å². The lowest BCUT2D eigenvalue weighted by Crippen LogP contribution is -2.30. The minimum Gasteiger partial charge on any atom is -0.268 e. The fourth-order valence-electron chi connectivity index (χ4n) is 2.73. The van der Waals surface area contributed by atoms with Crippen molar-refractivity contribution >= 4 is 34.2 Å². The summed E-state index contributed by atoms with van der Waals surface area (Å²) in [6.07, 6.45) is 0. The Labute approximate surface area is 135 Å². The summed E-state index contributed by atoms with van der Waals surface area (Å²) in [6, 6.07) is 14.0. The van der Waals surface area contributed by atoms with Crippen LogP contribution < -0.4 is 4.90 Å². The van der Waals surface area contributed by atoms with Gasteiger partial charge in [-0.2, -0.15) is 0 Å². The van der Waals surface area contributed by atoms with Crippen LogP contribution in [0.25, 0.3) is 10.9 Å². The first-order chi connectivity index (χ1) is 11.6. The molecule has 0 unspecified atom stereocenters. The summed E-state index contributed by atoms with van der Waals surface area (Å²) in [5, 5.41) is 11.6. The van der Waals surface area contributed by atoms with Crippen molar-refractivity contribution in [1.82, 2.24) is 4.98 Å². The summed E-state index contributed by atoms with van der Waals surface area (Å²) in [4.78, 5) is 40.6. The number of benzene rings is 2. The Morgan fingerprint density at radius 3 is 2.17 bits per heavy atom. The highest BCUT2D eigenvalue weighted by atomic mass is 16.6. The second-order valence-corrected chi connectivity index (χ2v) is 5.29. The van der Waals surface area contributed by atoms with Crippen molar-refractivity contribution in [2.24, 2.45) is 0 Å². The van der Waals surface area contributed by atoms with Crippen LogP contribution in [0.2, 0.25) is 0 Å². The molecule has 24 heavy (non-hydrogen) atoms. The standard InChI is InChI=1S/C17H9N3O4/c21-16-12-3-1-2-4-13(12)17(22)19(16)15-8-6-10-5-7-11(20(23)24)9-14(10)18-15/h1-9H. The van der Waals surface area contributed by atoms with Crippen molar-refractivity contribution in [2.75, 3.05) is 4.90 Å². The quantitative estimate of drug-likeness (QED) is 0.411. The molecule has 0 N–H and O–H groups in total. The van der Waals surface area contributed by atoms with Gasteiger partial charge in [0.05, 0.1) is 21.6 Å². The Kier molecular flexibility index (Phi) is 2.89. The van der Waals surface area contributed by atoms with Gasteiger partial charge in [0.25, 0.3) is 17.5 Å². The topological polar surface area (TPSA) is 93.4 Å². The van der Waals surface area contributed by atoms with Gasteiger partial charge in [0.2, 0.25) is 0 Å². The van der Waals surface area contributed by atoms with Crippen molar-refractivity contribution < 1.29 is 14.5 Å². The van der Waals surface area contributed by atoms with E-state index in [2.05, 4.69) is 4.98 Å². The van der Waals surface area contributed by atoms with Crippen molar-refractivity contribution in [2.45, 2.75) is 0 Å². The second-order valence-electron chi connectivity index (χ2n) is 5.29. The third-order valence-electron chi connectivity index (χ3n) is 3.89. The van der Waals surface area contributed by atoms with Gasteiger partial charge in [0.15, 0.2) is 0 Å². The first-order valence-corrected chi connectivity index (χ1v) is 7.09. The summed E-state index contributed by atoms with van der Waals surface area (Å²) in [5.41, 5.74) is 0.889. The Morgan fingerprint density at radius 2 is 1.54 bits per heavy atom. The Balaban J connectivity index is 1.84. The van der Waals surface area contributed by atoms with Crippen LogP contribution in [0.5, 0.6) is 0 Å². The van der Waals surface area contributed by atoms with Crippen LogP contribution >= 0.6 is 0 Å². The number of carbonyl (C=O) groups excluding carboxylic acids is 2. The van der Waals surface area contributed by atoms with Crippen molar-refractivity contribution in [3.05, 3.63) is 75.8 Å².